The quantitative estimate of drug-likeness (QED) is 0.777. The second kappa shape index (κ2) is 5.85. The lowest BCUT2D eigenvalue weighted by molar-refractivity contribution is 0.327. The standard InChI is InChI=1S/C11H22N4/c1-5-11(9(2)3)14-10(4)6-15-8-12-7-13-15/h7-11,14H,5-6H2,1-4H3. The molecule has 0 aliphatic carbocycles. The molecular formula is C11H22N4. The summed E-state index contributed by atoms with van der Waals surface area (Å²) in [7, 11) is 0. The van der Waals surface area contributed by atoms with Crippen molar-refractivity contribution in [3.63, 3.8) is 0 Å². The minimum absolute atomic E-state index is 0.430. The zero-order valence-corrected chi connectivity index (χ0v) is 10.1. The molecule has 1 rings (SSSR count). The Labute approximate surface area is 92.1 Å². The van der Waals surface area contributed by atoms with Gasteiger partial charge >= 0.3 is 0 Å². The van der Waals surface area contributed by atoms with Gasteiger partial charge in [0.1, 0.15) is 12.7 Å². The Balaban J connectivity index is 2.37. The Morgan fingerprint density at radius 3 is 2.53 bits per heavy atom. The van der Waals surface area contributed by atoms with Crippen molar-refractivity contribution in [2.45, 2.75) is 52.7 Å². The molecule has 0 radical (unpaired) electrons. The van der Waals surface area contributed by atoms with E-state index in [1.165, 1.54) is 6.42 Å². The first-order valence-electron chi connectivity index (χ1n) is 5.72. The highest BCUT2D eigenvalue weighted by Gasteiger charge is 2.13. The Morgan fingerprint density at radius 1 is 1.33 bits per heavy atom. The van der Waals surface area contributed by atoms with Gasteiger partial charge in [0.05, 0.1) is 6.54 Å². The molecule has 4 heteroatoms. The van der Waals surface area contributed by atoms with Crippen LogP contribution in [0.5, 0.6) is 0 Å². The average Bonchev–Trinajstić information content (AvgIpc) is 2.66. The van der Waals surface area contributed by atoms with Gasteiger partial charge in [0.25, 0.3) is 0 Å². The fourth-order valence-electron chi connectivity index (χ4n) is 1.81. The van der Waals surface area contributed by atoms with Gasteiger partial charge in [-0.3, -0.25) is 4.68 Å². The molecule has 0 aromatic carbocycles. The third-order valence-corrected chi connectivity index (χ3v) is 2.67. The molecular weight excluding hydrogens is 188 g/mol. The van der Waals surface area contributed by atoms with E-state index < -0.39 is 0 Å². The maximum atomic E-state index is 4.10. The molecule has 2 atom stereocenters. The largest absolute Gasteiger partial charge is 0.309 e. The number of rotatable bonds is 6. The van der Waals surface area contributed by atoms with Crippen LogP contribution >= 0.6 is 0 Å². The lowest BCUT2D eigenvalue weighted by Gasteiger charge is -2.25. The summed E-state index contributed by atoms with van der Waals surface area (Å²) >= 11 is 0. The Morgan fingerprint density at radius 2 is 2.07 bits per heavy atom. The number of hydrogen-bond acceptors (Lipinski definition) is 3. The summed E-state index contributed by atoms with van der Waals surface area (Å²) in [6.07, 6.45) is 4.50. The SMILES string of the molecule is CCC(NC(C)Cn1cncn1)C(C)C. The van der Waals surface area contributed by atoms with E-state index in [0.717, 1.165) is 6.54 Å². The van der Waals surface area contributed by atoms with Crippen LogP contribution in [0.1, 0.15) is 34.1 Å². The minimum Gasteiger partial charge on any atom is -0.309 e. The molecule has 1 aromatic rings. The fourth-order valence-corrected chi connectivity index (χ4v) is 1.81. The molecule has 0 aliphatic rings. The van der Waals surface area contributed by atoms with Crippen LogP contribution in [0.25, 0.3) is 0 Å². The van der Waals surface area contributed by atoms with E-state index in [1.807, 2.05) is 4.68 Å². The van der Waals surface area contributed by atoms with Crippen LogP contribution < -0.4 is 5.32 Å². The van der Waals surface area contributed by atoms with Gasteiger partial charge in [-0.05, 0) is 19.3 Å². The first-order chi connectivity index (χ1) is 7.13. The van der Waals surface area contributed by atoms with E-state index in [2.05, 4.69) is 43.1 Å². The molecule has 0 saturated heterocycles. The molecule has 0 amide bonds. The Kier molecular flexibility index (Phi) is 4.75. The van der Waals surface area contributed by atoms with Gasteiger partial charge in [0.15, 0.2) is 0 Å². The summed E-state index contributed by atoms with van der Waals surface area (Å²) < 4.78 is 1.87. The topological polar surface area (TPSA) is 42.7 Å². The number of nitrogens with one attached hydrogen (secondary N) is 1. The molecule has 0 bridgehead atoms. The molecule has 2 unspecified atom stereocenters. The summed E-state index contributed by atoms with van der Waals surface area (Å²) in [5.74, 6) is 0.674. The Hall–Kier alpha value is -0.900. The van der Waals surface area contributed by atoms with Crippen LogP contribution in [0.15, 0.2) is 12.7 Å². The van der Waals surface area contributed by atoms with Crippen LogP contribution in [0.3, 0.4) is 0 Å². The number of aromatic nitrogens is 3. The molecule has 1 aromatic heterocycles. The summed E-state index contributed by atoms with van der Waals surface area (Å²) in [4.78, 5) is 3.93. The Bertz CT molecular complexity index is 256. The summed E-state index contributed by atoms with van der Waals surface area (Å²) in [6, 6.07) is 1.02. The molecule has 0 aliphatic heterocycles. The third kappa shape index (κ3) is 4.00. The van der Waals surface area contributed by atoms with Crippen molar-refractivity contribution in [3.05, 3.63) is 12.7 Å². The summed E-state index contributed by atoms with van der Waals surface area (Å²) in [6.45, 7) is 9.79. The molecule has 4 nitrogen and oxygen atoms in total. The highest BCUT2D eigenvalue weighted by atomic mass is 15.3. The molecule has 15 heavy (non-hydrogen) atoms. The van der Waals surface area contributed by atoms with Gasteiger partial charge in [0, 0.05) is 12.1 Å². The summed E-state index contributed by atoms with van der Waals surface area (Å²) in [5, 5.41) is 7.72. The van der Waals surface area contributed by atoms with Crippen LogP contribution in [-0.4, -0.2) is 26.8 Å². The van der Waals surface area contributed by atoms with Crippen LogP contribution in [0, 0.1) is 5.92 Å². The third-order valence-electron chi connectivity index (χ3n) is 2.67. The zero-order chi connectivity index (χ0) is 11.3. The van der Waals surface area contributed by atoms with Gasteiger partial charge < -0.3 is 5.32 Å². The van der Waals surface area contributed by atoms with Crippen molar-refractivity contribution in [2.75, 3.05) is 0 Å². The lowest BCUT2D eigenvalue weighted by Crippen LogP contribution is -2.41. The van der Waals surface area contributed by atoms with Gasteiger partial charge in [-0.2, -0.15) is 5.10 Å². The average molecular weight is 210 g/mol. The maximum Gasteiger partial charge on any atom is 0.137 e. The van der Waals surface area contributed by atoms with Crippen LogP contribution in [-0.2, 0) is 6.54 Å². The van der Waals surface area contributed by atoms with Crippen molar-refractivity contribution in [3.8, 4) is 0 Å². The molecule has 86 valence electrons. The van der Waals surface area contributed by atoms with Gasteiger partial charge in [-0.1, -0.05) is 20.8 Å². The molecule has 0 fully saturated rings. The predicted octanol–water partition coefficient (Wildman–Crippen LogP) is 1.69. The first kappa shape index (κ1) is 12.2. The maximum absolute atomic E-state index is 4.10. The van der Waals surface area contributed by atoms with Crippen molar-refractivity contribution < 1.29 is 0 Å². The number of nitrogens with zero attached hydrogens (tertiary/aromatic N) is 3. The van der Waals surface area contributed by atoms with Gasteiger partial charge in [-0.15, -0.1) is 0 Å². The zero-order valence-electron chi connectivity index (χ0n) is 10.1. The van der Waals surface area contributed by atoms with Crippen molar-refractivity contribution in [1.29, 1.82) is 0 Å². The van der Waals surface area contributed by atoms with Crippen molar-refractivity contribution >= 4 is 0 Å². The van der Waals surface area contributed by atoms with E-state index in [4.69, 9.17) is 0 Å². The smallest absolute Gasteiger partial charge is 0.137 e. The van der Waals surface area contributed by atoms with E-state index in [0.29, 0.717) is 18.0 Å². The van der Waals surface area contributed by atoms with E-state index in [-0.39, 0.29) is 0 Å². The molecule has 1 heterocycles. The van der Waals surface area contributed by atoms with Crippen molar-refractivity contribution in [1.82, 2.24) is 20.1 Å². The van der Waals surface area contributed by atoms with E-state index in [1.54, 1.807) is 12.7 Å². The van der Waals surface area contributed by atoms with E-state index in [9.17, 15) is 0 Å². The number of hydrogen-bond donors (Lipinski definition) is 1. The van der Waals surface area contributed by atoms with Crippen LogP contribution in [0.2, 0.25) is 0 Å². The second-order valence-electron chi connectivity index (χ2n) is 4.44. The normalized spacial score (nSPS) is 15.5. The minimum atomic E-state index is 0.430. The predicted molar refractivity (Wildman–Crippen MR) is 61.5 cm³/mol. The molecule has 1 N–H and O–H groups in total. The highest BCUT2D eigenvalue weighted by molar-refractivity contribution is 4.73. The van der Waals surface area contributed by atoms with Gasteiger partial charge in [-0.25, -0.2) is 4.98 Å². The van der Waals surface area contributed by atoms with Crippen molar-refractivity contribution in [2.24, 2.45) is 5.92 Å². The molecule has 0 spiro atoms. The monoisotopic (exact) mass is 210 g/mol. The highest BCUT2D eigenvalue weighted by Crippen LogP contribution is 2.06. The molecule has 0 saturated carbocycles. The fraction of sp³-hybridized carbons (Fsp3) is 0.818. The lowest BCUT2D eigenvalue weighted by atomic mass is 10.0. The second-order valence-corrected chi connectivity index (χ2v) is 4.44. The first-order valence-corrected chi connectivity index (χ1v) is 5.72. The summed E-state index contributed by atoms with van der Waals surface area (Å²) in [5.41, 5.74) is 0. The van der Waals surface area contributed by atoms with Gasteiger partial charge in [0.2, 0.25) is 0 Å². The van der Waals surface area contributed by atoms with E-state index >= 15 is 0 Å². The van der Waals surface area contributed by atoms with Crippen LogP contribution in [0.4, 0.5) is 0 Å².